The fourth-order valence-electron chi connectivity index (χ4n) is 3.17. The van der Waals surface area contributed by atoms with Gasteiger partial charge in [0.15, 0.2) is 17.3 Å². The number of allylic oxidation sites excluding steroid dienone is 1. The summed E-state index contributed by atoms with van der Waals surface area (Å²) in [6.07, 6.45) is 4.96. The van der Waals surface area contributed by atoms with Gasteiger partial charge in [0.05, 0.1) is 0 Å². The first kappa shape index (κ1) is 14.3. The van der Waals surface area contributed by atoms with E-state index >= 15 is 0 Å². The van der Waals surface area contributed by atoms with Gasteiger partial charge in [-0.05, 0) is 30.3 Å². The normalized spacial score (nSPS) is 18.3. The van der Waals surface area contributed by atoms with E-state index in [0.29, 0.717) is 22.9 Å². The minimum absolute atomic E-state index is 0.0124. The van der Waals surface area contributed by atoms with E-state index in [-0.39, 0.29) is 17.2 Å². The largest absolute Gasteiger partial charge is 0.505 e. The van der Waals surface area contributed by atoms with Crippen LogP contribution < -0.4 is 0 Å². The summed E-state index contributed by atoms with van der Waals surface area (Å²) in [5, 5.41) is 18.2. The lowest BCUT2D eigenvalue weighted by Crippen LogP contribution is -1.95. The van der Waals surface area contributed by atoms with Gasteiger partial charge in [-0.1, -0.05) is 37.1 Å². The molecule has 0 bridgehead atoms. The van der Waals surface area contributed by atoms with Gasteiger partial charge in [0, 0.05) is 22.1 Å². The Balaban J connectivity index is 1.58. The summed E-state index contributed by atoms with van der Waals surface area (Å²) in [7, 11) is 0. The highest BCUT2D eigenvalue weighted by Crippen LogP contribution is 2.38. The van der Waals surface area contributed by atoms with Crippen LogP contribution in [0.4, 0.5) is 5.82 Å². The first-order valence-electron chi connectivity index (χ1n) is 7.70. The van der Waals surface area contributed by atoms with Crippen molar-refractivity contribution in [3.63, 3.8) is 0 Å². The van der Waals surface area contributed by atoms with Gasteiger partial charge in [0.2, 0.25) is 5.78 Å². The fraction of sp³-hybridized carbons (Fsp3) is 0.294. The van der Waals surface area contributed by atoms with Gasteiger partial charge in [0.25, 0.3) is 0 Å². The van der Waals surface area contributed by atoms with Crippen LogP contribution in [0.3, 0.4) is 0 Å². The van der Waals surface area contributed by atoms with Crippen LogP contribution in [-0.2, 0) is 0 Å². The third kappa shape index (κ3) is 2.49. The summed E-state index contributed by atoms with van der Waals surface area (Å²) in [6.45, 7) is 0. The van der Waals surface area contributed by atoms with E-state index in [1.54, 1.807) is 24.3 Å². The van der Waals surface area contributed by atoms with Gasteiger partial charge >= 0.3 is 0 Å². The molecule has 1 fully saturated rings. The van der Waals surface area contributed by atoms with E-state index in [1.807, 2.05) is 6.07 Å². The molecule has 0 amide bonds. The van der Waals surface area contributed by atoms with Gasteiger partial charge in [-0.15, -0.1) is 10.2 Å². The number of aliphatic hydroxyl groups is 1. The maximum atomic E-state index is 12.3. The number of aromatic nitrogens is 1. The number of hydrogen-bond acceptors (Lipinski definition) is 6. The molecule has 4 rings (SSSR count). The average molecular weight is 325 g/mol. The minimum atomic E-state index is -0.298. The van der Waals surface area contributed by atoms with Gasteiger partial charge in [0.1, 0.15) is 0 Å². The maximum absolute atomic E-state index is 12.3. The number of aliphatic hydroxyl groups excluding tert-OH is 1. The zero-order valence-electron chi connectivity index (χ0n) is 12.4. The molecule has 116 valence electrons. The molecule has 2 aliphatic rings. The Bertz CT molecular complexity index is 832. The zero-order chi connectivity index (χ0) is 15.8. The number of benzene rings is 1. The molecule has 6 heteroatoms. The second kappa shape index (κ2) is 5.70. The predicted octanol–water partition coefficient (Wildman–Crippen LogP) is 5.01. The topological polar surface area (TPSA) is 74.9 Å². The van der Waals surface area contributed by atoms with Crippen molar-refractivity contribution in [2.45, 2.75) is 31.6 Å². The van der Waals surface area contributed by atoms with E-state index in [0.717, 1.165) is 0 Å². The van der Waals surface area contributed by atoms with Crippen LogP contribution in [-0.4, -0.2) is 15.3 Å². The summed E-state index contributed by atoms with van der Waals surface area (Å²) in [6, 6.07) is 8.85. The van der Waals surface area contributed by atoms with Crippen molar-refractivity contribution in [3.05, 3.63) is 52.0 Å². The first-order valence-corrected chi connectivity index (χ1v) is 8.47. The van der Waals surface area contributed by atoms with E-state index < -0.39 is 0 Å². The molecular formula is C17H15N3O2S. The van der Waals surface area contributed by atoms with Gasteiger partial charge in [-0.3, -0.25) is 4.79 Å². The molecule has 5 nitrogen and oxygen atoms in total. The minimum Gasteiger partial charge on any atom is -0.505 e. The van der Waals surface area contributed by atoms with Crippen LogP contribution >= 0.6 is 11.5 Å². The van der Waals surface area contributed by atoms with Crippen molar-refractivity contribution in [3.8, 4) is 0 Å². The lowest BCUT2D eigenvalue weighted by molar-refractivity contribution is 0.103. The van der Waals surface area contributed by atoms with E-state index in [2.05, 4.69) is 14.6 Å². The van der Waals surface area contributed by atoms with Gasteiger partial charge < -0.3 is 5.11 Å². The zero-order valence-corrected chi connectivity index (χ0v) is 13.2. The first-order chi connectivity index (χ1) is 11.2. The number of hydrogen-bond donors (Lipinski definition) is 1. The predicted molar refractivity (Wildman–Crippen MR) is 88.2 cm³/mol. The molecule has 0 aliphatic heterocycles. The van der Waals surface area contributed by atoms with Gasteiger partial charge in [-0.2, -0.15) is 4.37 Å². The second-order valence-corrected chi connectivity index (χ2v) is 6.68. The molecule has 1 heterocycles. The standard InChI is InChI=1S/C17H15N3O2S/c21-16-11-7-3-4-8-12(11)17(22)15(16)19-18-14-9-13(23-20-14)10-5-1-2-6-10/h3-4,7-10,21H,1-2,5-6H2. The molecule has 2 aromatic rings. The highest BCUT2D eigenvalue weighted by molar-refractivity contribution is 7.06. The van der Waals surface area contributed by atoms with Crippen LogP contribution in [0, 0.1) is 0 Å². The molecule has 2 aliphatic carbocycles. The molecule has 0 spiro atoms. The number of azo groups is 1. The van der Waals surface area contributed by atoms with E-state index in [9.17, 15) is 9.90 Å². The number of carbonyl (C=O) groups excluding carboxylic acids is 1. The Hall–Kier alpha value is -2.34. The molecule has 1 N–H and O–H groups in total. The van der Waals surface area contributed by atoms with Crippen molar-refractivity contribution in [1.29, 1.82) is 0 Å². The van der Waals surface area contributed by atoms with Crippen molar-refractivity contribution < 1.29 is 9.90 Å². The monoisotopic (exact) mass is 325 g/mol. The summed E-state index contributed by atoms with van der Waals surface area (Å²) in [5.41, 5.74) is 0.960. The van der Waals surface area contributed by atoms with Crippen molar-refractivity contribution in [2.24, 2.45) is 10.2 Å². The molecule has 23 heavy (non-hydrogen) atoms. The highest BCUT2D eigenvalue weighted by Gasteiger charge is 2.29. The molecule has 1 saturated carbocycles. The summed E-state index contributed by atoms with van der Waals surface area (Å²) < 4.78 is 4.29. The quantitative estimate of drug-likeness (QED) is 0.806. The number of fused-ring (bicyclic) bond motifs is 1. The third-order valence-corrected chi connectivity index (χ3v) is 5.33. The van der Waals surface area contributed by atoms with Crippen LogP contribution in [0.15, 0.2) is 46.3 Å². The Labute approximate surface area is 137 Å². The van der Waals surface area contributed by atoms with Crippen LogP contribution in [0.1, 0.15) is 52.4 Å². The summed E-state index contributed by atoms with van der Waals surface area (Å²) in [4.78, 5) is 13.5. The number of rotatable bonds is 3. The molecule has 1 aromatic carbocycles. The Morgan fingerprint density at radius 1 is 1.13 bits per heavy atom. The summed E-state index contributed by atoms with van der Waals surface area (Å²) in [5.74, 6) is 0.677. The van der Waals surface area contributed by atoms with E-state index in [4.69, 9.17) is 0 Å². The number of Topliss-reactive ketones (excluding diaryl/α,β-unsaturated/α-hetero) is 1. The van der Waals surface area contributed by atoms with Crippen molar-refractivity contribution in [2.75, 3.05) is 0 Å². The van der Waals surface area contributed by atoms with Gasteiger partial charge in [-0.25, -0.2) is 0 Å². The Morgan fingerprint density at radius 2 is 1.87 bits per heavy atom. The van der Waals surface area contributed by atoms with Crippen LogP contribution in [0.2, 0.25) is 0 Å². The van der Waals surface area contributed by atoms with Crippen LogP contribution in [0.5, 0.6) is 0 Å². The van der Waals surface area contributed by atoms with Crippen LogP contribution in [0.25, 0.3) is 5.76 Å². The SMILES string of the molecule is O=C1C(N=Nc2cc(C3CCCC3)sn2)=C(O)c2ccccc21. The fourth-order valence-corrected chi connectivity index (χ4v) is 4.00. The molecule has 0 unspecified atom stereocenters. The number of nitrogens with zero attached hydrogens (tertiary/aromatic N) is 3. The van der Waals surface area contributed by atoms with Crippen molar-refractivity contribution in [1.82, 2.24) is 4.37 Å². The second-order valence-electron chi connectivity index (χ2n) is 5.84. The smallest absolute Gasteiger partial charge is 0.217 e. The number of carbonyl (C=O) groups is 1. The molecule has 0 atom stereocenters. The molecule has 0 radical (unpaired) electrons. The van der Waals surface area contributed by atoms with E-state index in [1.165, 1.54) is 42.1 Å². The molecular weight excluding hydrogens is 310 g/mol. The van der Waals surface area contributed by atoms with Crippen molar-refractivity contribution >= 4 is 28.9 Å². The maximum Gasteiger partial charge on any atom is 0.217 e. The Morgan fingerprint density at radius 3 is 2.61 bits per heavy atom. The highest BCUT2D eigenvalue weighted by atomic mass is 32.1. The lowest BCUT2D eigenvalue weighted by atomic mass is 10.1. The molecule has 0 saturated heterocycles. The lowest BCUT2D eigenvalue weighted by Gasteiger charge is -2.01. The number of ketones is 1. The third-order valence-electron chi connectivity index (χ3n) is 4.39. The summed E-state index contributed by atoms with van der Waals surface area (Å²) >= 11 is 1.45. The molecule has 1 aromatic heterocycles. The average Bonchev–Trinajstić information content (AvgIpc) is 3.29. The Kier molecular flexibility index (Phi) is 3.53.